The van der Waals surface area contributed by atoms with Crippen molar-refractivity contribution < 1.29 is 17.1 Å². The Morgan fingerprint density at radius 3 is 2.55 bits per heavy atom. The van der Waals surface area contributed by atoms with Crippen molar-refractivity contribution in [2.45, 2.75) is 26.3 Å². The molecule has 1 saturated heterocycles. The predicted octanol–water partition coefficient (Wildman–Crippen LogP) is -0.481. The van der Waals surface area contributed by atoms with Crippen molar-refractivity contribution in [1.29, 1.82) is 0 Å². The van der Waals surface area contributed by atoms with E-state index in [0.717, 1.165) is 0 Å². The average Bonchev–Trinajstić information content (AvgIpc) is 2.74. The summed E-state index contributed by atoms with van der Waals surface area (Å²) < 4.78 is 35.2. The fourth-order valence-corrected chi connectivity index (χ4v) is 3.15. The van der Waals surface area contributed by atoms with E-state index in [1.807, 2.05) is 0 Å². The average molecular weight is 305 g/mol. The highest BCUT2D eigenvalue weighted by Crippen LogP contribution is 2.19. The van der Waals surface area contributed by atoms with Crippen molar-refractivity contribution in [2.24, 2.45) is 5.92 Å². The molecule has 0 radical (unpaired) electrons. The van der Waals surface area contributed by atoms with Crippen LogP contribution in [0.25, 0.3) is 0 Å². The molecule has 2 rings (SSSR count). The second-order valence-electron chi connectivity index (χ2n) is 4.91. The minimum Gasteiger partial charge on any atom is -0.341 e. The summed E-state index contributed by atoms with van der Waals surface area (Å²) >= 11 is 0. The molecule has 0 spiro atoms. The van der Waals surface area contributed by atoms with Gasteiger partial charge in [0, 0.05) is 13.1 Å². The molecule has 10 heteroatoms. The monoisotopic (exact) mass is 305 g/mol. The van der Waals surface area contributed by atoms with Crippen LogP contribution in [0.2, 0.25) is 0 Å². The molecule has 20 heavy (non-hydrogen) atoms. The first-order valence-electron chi connectivity index (χ1n) is 6.28. The van der Waals surface area contributed by atoms with Crippen molar-refractivity contribution in [3.8, 4) is 0 Å². The summed E-state index contributed by atoms with van der Waals surface area (Å²) in [5.41, 5.74) is 0. The Morgan fingerprint density at radius 1 is 1.40 bits per heavy atom. The zero-order valence-electron chi connectivity index (χ0n) is 11.1. The van der Waals surface area contributed by atoms with Crippen LogP contribution in [0.3, 0.4) is 0 Å². The number of halogens is 1. The predicted molar refractivity (Wildman–Crippen MR) is 66.8 cm³/mol. The Labute approximate surface area is 116 Å². The first kappa shape index (κ1) is 14.8. The first-order valence-corrected chi connectivity index (χ1v) is 7.83. The minimum atomic E-state index is -4.44. The maximum absolute atomic E-state index is 12.6. The summed E-state index contributed by atoms with van der Waals surface area (Å²) in [6, 6.07) is 0. The number of aromatic nitrogens is 4. The number of hydrogen-bond donors (Lipinski definition) is 0. The molecule has 0 saturated carbocycles. The molecular formula is C10H16FN5O3S. The van der Waals surface area contributed by atoms with Gasteiger partial charge in [-0.25, -0.2) is 4.68 Å². The van der Waals surface area contributed by atoms with Gasteiger partial charge in [-0.15, -0.1) is 8.98 Å². The normalized spacial score (nSPS) is 17.4. The first-order chi connectivity index (χ1) is 9.35. The second kappa shape index (κ2) is 5.81. The maximum Gasteiger partial charge on any atom is 0.302 e. The fourth-order valence-electron chi connectivity index (χ4n) is 2.25. The van der Waals surface area contributed by atoms with Gasteiger partial charge in [0.15, 0.2) is 0 Å². The van der Waals surface area contributed by atoms with Crippen molar-refractivity contribution >= 4 is 16.1 Å². The summed E-state index contributed by atoms with van der Waals surface area (Å²) in [4.78, 5) is 13.7. The number of carbonyl (C=O) groups is 1. The molecule has 1 aromatic heterocycles. The minimum absolute atomic E-state index is 0.0604. The number of piperidine rings is 1. The summed E-state index contributed by atoms with van der Waals surface area (Å²) in [6.07, 6.45) is 0.979. The van der Waals surface area contributed by atoms with Gasteiger partial charge in [-0.3, -0.25) is 4.79 Å². The van der Waals surface area contributed by atoms with Crippen LogP contribution in [-0.4, -0.2) is 58.3 Å². The lowest BCUT2D eigenvalue weighted by Gasteiger charge is -2.31. The van der Waals surface area contributed by atoms with Crippen LogP contribution >= 0.6 is 0 Å². The summed E-state index contributed by atoms with van der Waals surface area (Å²) in [7, 11) is -4.44. The van der Waals surface area contributed by atoms with E-state index in [4.69, 9.17) is 0 Å². The van der Waals surface area contributed by atoms with Crippen LogP contribution in [0.5, 0.6) is 0 Å². The molecule has 1 amide bonds. The van der Waals surface area contributed by atoms with E-state index in [1.165, 1.54) is 4.68 Å². The van der Waals surface area contributed by atoms with Gasteiger partial charge >= 0.3 is 10.2 Å². The Hall–Kier alpha value is -1.58. The zero-order chi connectivity index (χ0) is 14.8. The largest absolute Gasteiger partial charge is 0.341 e. The van der Waals surface area contributed by atoms with Gasteiger partial charge in [-0.2, -0.15) is 8.42 Å². The molecule has 0 bridgehead atoms. The van der Waals surface area contributed by atoms with E-state index < -0.39 is 16.0 Å². The summed E-state index contributed by atoms with van der Waals surface area (Å²) in [5, 5.41) is 10.8. The van der Waals surface area contributed by atoms with E-state index in [-0.39, 0.29) is 18.4 Å². The Kier molecular flexibility index (Phi) is 4.31. The Morgan fingerprint density at radius 2 is 2.05 bits per heavy atom. The number of nitrogens with zero attached hydrogens (tertiary/aromatic N) is 5. The van der Waals surface area contributed by atoms with Crippen LogP contribution in [0.1, 0.15) is 18.7 Å². The smallest absolute Gasteiger partial charge is 0.302 e. The van der Waals surface area contributed by atoms with E-state index in [9.17, 15) is 17.1 Å². The van der Waals surface area contributed by atoms with Gasteiger partial charge in [0.25, 0.3) is 0 Å². The molecule has 0 aromatic carbocycles. The number of hydrogen-bond acceptors (Lipinski definition) is 6. The van der Waals surface area contributed by atoms with Crippen LogP contribution in [0.15, 0.2) is 0 Å². The quantitative estimate of drug-likeness (QED) is 0.697. The van der Waals surface area contributed by atoms with E-state index in [0.29, 0.717) is 31.8 Å². The number of likely N-dealkylation sites (tertiary alicyclic amines) is 1. The molecule has 1 aliphatic rings. The molecule has 2 heterocycles. The molecule has 1 fully saturated rings. The van der Waals surface area contributed by atoms with Gasteiger partial charge in [0.1, 0.15) is 12.4 Å². The van der Waals surface area contributed by atoms with Gasteiger partial charge < -0.3 is 4.90 Å². The van der Waals surface area contributed by atoms with Crippen molar-refractivity contribution in [1.82, 2.24) is 25.1 Å². The van der Waals surface area contributed by atoms with Crippen LogP contribution < -0.4 is 0 Å². The highest BCUT2D eigenvalue weighted by atomic mass is 32.3. The van der Waals surface area contributed by atoms with Gasteiger partial charge in [0.2, 0.25) is 5.91 Å². The van der Waals surface area contributed by atoms with E-state index >= 15 is 0 Å². The number of tetrazole rings is 1. The second-order valence-corrected chi connectivity index (χ2v) is 6.32. The molecule has 0 N–H and O–H groups in total. The molecule has 1 aromatic rings. The number of amides is 1. The third-order valence-corrected chi connectivity index (χ3v) is 4.27. The van der Waals surface area contributed by atoms with Gasteiger partial charge in [-0.05, 0) is 36.1 Å². The van der Waals surface area contributed by atoms with E-state index in [2.05, 4.69) is 15.5 Å². The molecular weight excluding hydrogens is 289 g/mol. The van der Waals surface area contributed by atoms with Gasteiger partial charge in [-0.1, -0.05) is 0 Å². The lowest BCUT2D eigenvalue weighted by atomic mass is 9.99. The number of carbonyl (C=O) groups excluding carboxylic acids is 1. The maximum atomic E-state index is 12.6. The number of aryl methyl sites for hydroxylation is 1. The summed E-state index contributed by atoms with van der Waals surface area (Å²) in [6.45, 7) is 2.62. The van der Waals surface area contributed by atoms with Gasteiger partial charge in [0.05, 0.1) is 5.75 Å². The van der Waals surface area contributed by atoms with Crippen LogP contribution in [0.4, 0.5) is 3.89 Å². The van der Waals surface area contributed by atoms with Crippen molar-refractivity contribution in [3.05, 3.63) is 5.82 Å². The lowest BCUT2D eigenvalue weighted by molar-refractivity contribution is -0.133. The van der Waals surface area contributed by atoms with Crippen LogP contribution in [0, 0.1) is 12.8 Å². The highest BCUT2D eigenvalue weighted by molar-refractivity contribution is 7.86. The SMILES string of the molecule is Cc1nnnn1CC(=O)N1CCC(CS(=O)(=O)F)CC1. The Balaban J connectivity index is 1.84. The third kappa shape index (κ3) is 3.95. The number of rotatable bonds is 4. The summed E-state index contributed by atoms with van der Waals surface area (Å²) in [5.74, 6) is -0.247. The molecule has 1 aliphatic heterocycles. The Bertz CT molecular complexity index is 579. The zero-order valence-corrected chi connectivity index (χ0v) is 11.9. The standard InChI is InChI=1S/C10H16FN5O3S/c1-8-12-13-14-16(8)6-10(17)15-4-2-9(3-5-15)7-20(11,18)19/h9H,2-7H2,1H3. The fraction of sp³-hybridized carbons (Fsp3) is 0.800. The van der Waals surface area contributed by atoms with E-state index in [1.54, 1.807) is 11.8 Å². The van der Waals surface area contributed by atoms with Crippen LogP contribution in [-0.2, 0) is 21.6 Å². The highest BCUT2D eigenvalue weighted by Gasteiger charge is 2.26. The molecule has 0 unspecified atom stereocenters. The lowest BCUT2D eigenvalue weighted by Crippen LogP contribution is -2.41. The molecule has 8 nitrogen and oxygen atoms in total. The third-order valence-electron chi connectivity index (χ3n) is 3.40. The van der Waals surface area contributed by atoms with Crippen molar-refractivity contribution in [2.75, 3.05) is 18.8 Å². The molecule has 0 atom stereocenters. The molecule has 0 aliphatic carbocycles. The molecule has 112 valence electrons. The van der Waals surface area contributed by atoms with Crippen molar-refractivity contribution in [3.63, 3.8) is 0 Å². The topological polar surface area (TPSA) is 98.1 Å².